The first-order valence-electron chi connectivity index (χ1n) is 25.4. The number of halogens is 1. The number of rotatable bonds is 9. The van der Waals surface area contributed by atoms with Gasteiger partial charge in [0.25, 0.3) is 0 Å². The van der Waals surface area contributed by atoms with Crippen LogP contribution in [-0.4, -0.2) is 0 Å². The molecule has 0 N–H and O–H groups in total. The van der Waals surface area contributed by atoms with Gasteiger partial charge in [-0.1, -0.05) is 161 Å². The molecule has 8 aromatic carbocycles. The van der Waals surface area contributed by atoms with E-state index in [9.17, 15) is 0 Å². The Labute approximate surface area is 447 Å². The van der Waals surface area contributed by atoms with Crippen molar-refractivity contribution in [2.45, 2.75) is 112 Å². The Balaban J connectivity index is 1.16. The summed E-state index contributed by atoms with van der Waals surface area (Å²) < 4.78 is 2.55. The summed E-state index contributed by atoms with van der Waals surface area (Å²) in [6, 6.07) is 66.1. The largest absolute Gasteiger partial charge is 0.310 e. The molecule has 0 saturated carbocycles. The number of para-hydroxylation sites is 2. The second-order valence-electron chi connectivity index (χ2n) is 23.4. The van der Waals surface area contributed by atoms with E-state index >= 15 is 0 Å². The van der Waals surface area contributed by atoms with E-state index < -0.39 is 0 Å². The standard InChI is InChI=1S/C67H68IN3S/c1-43-39-47(66(9,10)11)31-38-58(43)70(50-32-27-45(28-33-50)64(3,4)5)59-25-20-26-60(44(59)2)71(51-34-29-46(30-35-51)65(6,7)8)62-55-41-54-53-37-36-52(40-56(53)67(12,13)57(54)42-61(55)72-63(62)68)69(48-21-16-14-17-22-48)49-23-18-15-19-24-49/h14-42H,1-13H3. The van der Waals surface area contributed by atoms with Crippen LogP contribution in [0.15, 0.2) is 176 Å². The normalized spacial score (nSPS) is 13.2. The summed E-state index contributed by atoms with van der Waals surface area (Å²) in [5, 5.41) is 1.26. The van der Waals surface area contributed by atoms with Crippen molar-refractivity contribution in [3.8, 4) is 11.1 Å². The number of benzene rings is 8. The molecule has 0 spiro atoms. The lowest BCUT2D eigenvalue weighted by Gasteiger charge is -2.33. The minimum atomic E-state index is -0.214. The van der Waals surface area contributed by atoms with Crippen molar-refractivity contribution in [1.82, 2.24) is 0 Å². The fourth-order valence-electron chi connectivity index (χ4n) is 10.7. The van der Waals surface area contributed by atoms with Gasteiger partial charge in [-0.25, -0.2) is 0 Å². The summed E-state index contributed by atoms with van der Waals surface area (Å²) in [6.45, 7) is 30.0. The molecule has 0 saturated heterocycles. The molecule has 0 bridgehead atoms. The second kappa shape index (κ2) is 18.4. The van der Waals surface area contributed by atoms with Crippen molar-refractivity contribution < 1.29 is 0 Å². The Morgan fingerprint density at radius 3 is 1.42 bits per heavy atom. The van der Waals surface area contributed by atoms with Crippen molar-refractivity contribution >= 4 is 95.2 Å². The zero-order chi connectivity index (χ0) is 51.1. The Hall–Kier alpha value is -6.15. The van der Waals surface area contributed by atoms with Crippen LogP contribution in [0.3, 0.4) is 0 Å². The van der Waals surface area contributed by atoms with Gasteiger partial charge in [-0.05, 0) is 194 Å². The molecule has 5 heteroatoms. The smallest absolute Gasteiger partial charge is 0.0906 e. The van der Waals surface area contributed by atoms with E-state index in [1.165, 1.54) is 74.4 Å². The molecule has 364 valence electrons. The predicted molar refractivity (Wildman–Crippen MR) is 322 cm³/mol. The molecule has 0 unspecified atom stereocenters. The van der Waals surface area contributed by atoms with Crippen molar-refractivity contribution in [1.29, 1.82) is 0 Å². The number of nitrogens with zero attached hydrogens (tertiary/aromatic N) is 3. The first-order chi connectivity index (χ1) is 34.1. The molecule has 0 radical (unpaired) electrons. The molecule has 9 aromatic rings. The molecule has 10 rings (SSSR count). The third-order valence-electron chi connectivity index (χ3n) is 15.0. The van der Waals surface area contributed by atoms with Crippen molar-refractivity contribution in [2.75, 3.05) is 14.7 Å². The van der Waals surface area contributed by atoms with Gasteiger partial charge in [-0.3, -0.25) is 0 Å². The monoisotopic (exact) mass is 1070 g/mol. The summed E-state index contributed by atoms with van der Waals surface area (Å²) in [5.74, 6) is 0. The highest BCUT2D eigenvalue weighted by atomic mass is 127. The highest BCUT2D eigenvalue weighted by molar-refractivity contribution is 14.1. The fraction of sp³-hybridized carbons (Fsp3) is 0.254. The molecule has 0 amide bonds. The molecule has 3 nitrogen and oxygen atoms in total. The Morgan fingerprint density at radius 1 is 0.417 bits per heavy atom. The SMILES string of the molecule is Cc1cc(C(C)(C)C)ccc1N(c1ccc(C(C)(C)C)cc1)c1cccc(N(c2ccc(C(C)(C)C)cc2)c2c(I)sc3cc4c(cc23)-c2ccc(N(c3ccccc3)c3ccccc3)cc2C4(C)C)c1C. The lowest BCUT2D eigenvalue weighted by atomic mass is 9.82. The molecule has 0 fully saturated rings. The average molecular weight is 1070 g/mol. The average Bonchev–Trinajstić information content (AvgIpc) is 3.77. The Bertz CT molecular complexity index is 3420. The van der Waals surface area contributed by atoms with Gasteiger partial charge in [0.2, 0.25) is 0 Å². The van der Waals surface area contributed by atoms with E-state index in [0.29, 0.717) is 0 Å². The van der Waals surface area contributed by atoms with Gasteiger partial charge < -0.3 is 14.7 Å². The maximum absolute atomic E-state index is 2.62. The molecular weight excluding hydrogens is 1010 g/mol. The Morgan fingerprint density at radius 2 is 0.889 bits per heavy atom. The van der Waals surface area contributed by atoms with Gasteiger partial charge in [-0.15, -0.1) is 11.3 Å². The zero-order valence-corrected chi connectivity index (χ0v) is 47.3. The van der Waals surface area contributed by atoms with E-state index in [1.807, 2.05) is 11.3 Å². The zero-order valence-electron chi connectivity index (χ0n) is 44.4. The third-order valence-corrected chi connectivity index (χ3v) is 17.1. The van der Waals surface area contributed by atoms with Gasteiger partial charge in [0.05, 0.1) is 19.9 Å². The van der Waals surface area contributed by atoms with Gasteiger partial charge in [0.1, 0.15) is 0 Å². The van der Waals surface area contributed by atoms with Crippen LogP contribution in [0.1, 0.15) is 115 Å². The van der Waals surface area contributed by atoms with E-state index in [-0.39, 0.29) is 21.7 Å². The molecule has 1 aliphatic rings. The van der Waals surface area contributed by atoms with Crippen LogP contribution in [0.4, 0.5) is 51.2 Å². The summed E-state index contributed by atoms with van der Waals surface area (Å²) in [6.07, 6.45) is 0. The lowest BCUT2D eigenvalue weighted by Crippen LogP contribution is -2.18. The number of aryl methyl sites for hydroxylation is 1. The summed E-state index contributed by atoms with van der Waals surface area (Å²) >= 11 is 4.52. The number of hydrogen-bond donors (Lipinski definition) is 0. The van der Waals surface area contributed by atoms with E-state index in [1.54, 1.807) is 0 Å². The predicted octanol–water partition coefficient (Wildman–Crippen LogP) is 20.7. The summed E-state index contributed by atoms with van der Waals surface area (Å²) in [4.78, 5) is 7.42. The first kappa shape index (κ1) is 49.4. The lowest BCUT2D eigenvalue weighted by molar-refractivity contribution is 0.589. The second-order valence-corrected chi connectivity index (χ2v) is 26.3. The van der Waals surface area contributed by atoms with Crippen LogP contribution >= 0.6 is 33.9 Å². The maximum atomic E-state index is 2.62. The minimum Gasteiger partial charge on any atom is -0.310 e. The minimum absolute atomic E-state index is 0.0198. The molecular formula is C67H68IN3S. The summed E-state index contributed by atoms with van der Waals surface area (Å²) in [7, 11) is 0. The number of fused-ring (bicyclic) bond motifs is 4. The van der Waals surface area contributed by atoms with Crippen LogP contribution < -0.4 is 14.7 Å². The van der Waals surface area contributed by atoms with Crippen LogP contribution in [0.2, 0.25) is 0 Å². The van der Waals surface area contributed by atoms with Crippen LogP contribution in [0.25, 0.3) is 21.2 Å². The molecule has 1 aliphatic carbocycles. The van der Waals surface area contributed by atoms with Gasteiger partial charge in [-0.2, -0.15) is 0 Å². The third kappa shape index (κ3) is 8.95. The topological polar surface area (TPSA) is 9.72 Å². The van der Waals surface area contributed by atoms with Gasteiger partial charge in [0, 0.05) is 49.6 Å². The number of anilines is 9. The summed E-state index contributed by atoms with van der Waals surface area (Å²) in [5.41, 5.74) is 22.1. The van der Waals surface area contributed by atoms with Crippen molar-refractivity contribution in [3.05, 3.63) is 218 Å². The number of hydrogen-bond acceptors (Lipinski definition) is 4. The first-order valence-corrected chi connectivity index (χ1v) is 27.3. The number of thiophene rings is 1. The van der Waals surface area contributed by atoms with Crippen molar-refractivity contribution in [2.24, 2.45) is 0 Å². The Kier molecular flexibility index (Phi) is 12.6. The van der Waals surface area contributed by atoms with Crippen LogP contribution in [0.5, 0.6) is 0 Å². The molecule has 0 atom stereocenters. The molecule has 1 aromatic heterocycles. The quantitative estimate of drug-likeness (QED) is 0.133. The van der Waals surface area contributed by atoms with Crippen LogP contribution in [0, 0.1) is 16.7 Å². The van der Waals surface area contributed by atoms with Gasteiger partial charge in [0.15, 0.2) is 0 Å². The van der Waals surface area contributed by atoms with E-state index in [2.05, 4.69) is 303 Å². The van der Waals surface area contributed by atoms with Crippen molar-refractivity contribution in [3.63, 3.8) is 0 Å². The molecule has 72 heavy (non-hydrogen) atoms. The van der Waals surface area contributed by atoms with E-state index in [0.717, 1.165) is 39.8 Å². The maximum Gasteiger partial charge on any atom is 0.0906 e. The highest BCUT2D eigenvalue weighted by Crippen LogP contribution is 2.56. The molecule has 1 heterocycles. The van der Waals surface area contributed by atoms with E-state index in [4.69, 9.17) is 0 Å². The molecule has 0 aliphatic heterocycles. The van der Waals surface area contributed by atoms with Gasteiger partial charge >= 0.3 is 0 Å². The van der Waals surface area contributed by atoms with Crippen LogP contribution in [-0.2, 0) is 21.7 Å². The highest BCUT2D eigenvalue weighted by Gasteiger charge is 2.38. The fourth-order valence-corrected chi connectivity index (χ4v) is 12.9.